The standard InChI is InChI=1S/C20H25FO6/c1-4-27-19-10-16(23)14(7-12(2)22)11-20(19,25)6-5-13-8-17(24)18(26-3)9-15(13)21/h8-10,14,24-25H,4-7,11H2,1-3H3/t14-,20-/m0/s1. The zero-order chi connectivity index (χ0) is 20.2. The van der Waals surface area contributed by atoms with Gasteiger partial charge in [-0.25, -0.2) is 4.39 Å². The quantitative estimate of drug-likeness (QED) is 0.720. The molecular formula is C20H25FO6. The summed E-state index contributed by atoms with van der Waals surface area (Å²) < 4.78 is 24.5. The van der Waals surface area contributed by atoms with E-state index >= 15 is 0 Å². The highest BCUT2D eigenvalue weighted by Crippen LogP contribution is 2.38. The van der Waals surface area contributed by atoms with E-state index < -0.39 is 17.3 Å². The Bertz CT molecular complexity index is 757. The normalized spacial score (nSPS) is 22.3. The number of aliphatic hydroxyl groups is 1. The van der Waals surface area contributed by atoms with Gasteiger partial charge in [0.15, 0.2) is 17.3 Å². The molecule has 148 valence electrons. The fourth-order valence-corrected chi connectivity index (χ4v) is 3.35. The molecule has 1 aromatic rings. The molecule has 1 aliphatic carbocycles. The molecule has 27 heavy (non-hydrogen) atoms. The minimum Gasteiger partial charge on any atom is -0.504 e. The van der Waals surface area contributed by atoms with E-state index in [1.165, 1.54) is 26.2 Å². The first-order chi connectivity index (χ1) is 12.7. The lowest BCUT2D eigenvalue weighted by molar-refractivity contribution is -0.128. The van der Waals surface area contributed by atoms with E-state index in [0.717, 1.165) is 6.07 Å². The molecule has 2 N–H and O–H groups in total. The van der Waals surface area contributed by atoms with Gasteiger partial charge < -0.3 is 24.5 Å². The van der Waals surface area contributed by atoms with Gasteiger partial charge in [-0.2, -0.15) is 0 Å². The van der Waals surface area contributed by atoms with Crippen LogP contribution in [0.25, 0.3) is 0 Å². The highest BCUT2D eigenvalue weighted by atomic mass is 19.1. The van der Waals surface area contributed by atoms with E-state index in [2.05, 4.69) is 0 Å². The Morgan fingerprint density at radius 1 is 1.41 bits per heavy atom. The van der Waals surface area contributed by atoms with Crippen LogP contribution >= 0.6 is 0 Å². The summed E-state index contributed by atoms with van der Waals surface area (Å²) in [5.74, 6) is -1.65. The van der Waals surface area contributed by atoms with Gasteiger partial charge in [-0.1, -0.05) is 0 Å². The van der Waals surface area contributed by atoms with E-state index in [1.807, 2.05) is 0 Å². The van der Waals surface area contributed by atoms with E-state index in [-0.39, 0.29) is 66.7 Å². The summed E-state index contributed by atoms with van der Waals surface area (Å²) in [4.78, 5) is 23.6. The minimum atomic E-state index is -1.49. The van der Waals surface area contributed by atoms with Crippen LogP contribution in [0.15, 0.2) is 24.0 Å². The number of ketones is 2. The van der Waals surface area contributed by atoms with Gasteiger partial charge in [0.05, 0.1) is 13.7 Å². The topological polar surface area (TPSA) is 93.1 Å². The van der Waals surface area contributed by atoms with Crippen molar-refractivity contribution in [3.63, 3.8) is 0 Å². The molecule has 2 atom stereocenters. The SMILES string of the molecule is CCOC1=CC(=O)[C@@H](CC(C)=O)C[C@@]1(O)CCc1cc(O)c(OC)cc1F. The average Bonchev–Trinajstić information content (AvgIpc) is 2.59. The highest BCUT2D eigenvalue weighted by molar-refractivity contribution is 5.96. The van der Waals surface area contributed by atoms with Crippen molar-refractivity contribution < 1.29 is 33.7 Å². The number of rotatable bonds is 8. The first-order valence-corrected chi connectivity index (χ1v) is 8.86. The molecule has 0 aromatic heterocycles. The Morgan fingerprint density at radius 3 is 2.70 bits per heavy atom. The zero-order valence-electron chi connectivity index (χ0n) is 15.8. The maximum Gasteiger partial charge on any atom is 0.163 e. The van der Waals surface area contributed by atoms with Crippen molar-refractivity contribution in [1.29, 1.82) is 0 Å². The van der Waals surface area contributed by atoms with Crippen LogP contribution in [0.2, 0.25) is 0 Å². The summed E-state index contributed by atoms with van der Waals surface area (Å²) >= 11 is 0. The molecule has 1 aromatic carbocycles. The van der Waals surface area contributed by atoms with Crippen molar-refractivity contribution >= 4 is 11.6 Å². The number of halogens is 1. The van der Waals surface area contributed by atoms with Crippen LogP contribution in [0.1, 0.15) is 38.7 Å². The number of carbonyl (C=O) groups is 2. The number of Topliss-reactive ketones (excluding diaryl/α,β-unsaturated/α-hetero) is 1. The number of aryl methyl sites for hydroxylation is 1. The largest absolute Gasteiger partial charge is 0.504 e. The molecule has 0 spiro atoms. The number of phenols is 1. The third-order valence-electron chi connectivity index (χ3n) is 4.71. The summed E-state index contributed by atoms with van der Waals surface area (Å²) in [6, 6.07) is 2.33. The van der Waals surface area contributed by atoms with Crippen molar-refractivity contribution in [3.8, 4) is 11.5 Å². The molecule has 7 heteroatoms. The number of hydrogen-bond donors (Lipinski definition) is 2. The van der Waals surface area contributed by atoms with Crippen LogP contribution in [-0.2, 0) is 20.7 Å². The Kier molecular flexibility index (Phi) is 6.59. The number of methoxy groups -OCH3 is 1. The van der Waals surface area contributed by atoms with Crippen LogP contribution in [0.4, 0.5) is 4.39 Å². The molecule has 0 bridgehead atoms. The molecule has 0 fully saturated rings. The van der Waals surface area contributed by atoms with E-state index in [9.17, 15) is 24.2 Å². The number of carbonyl (C=O) groups excluding carboxylic acids is 2. The maximum absolute atomic E-state index is 14.2. The first kappa shape index (κ1) is 20.9. The predicted molar refractivity (Wildman–Crippen MR) is 96.0 cm³/mol. The number of benzene rings is 1. The number of hydrogen-bond acceptors (Lipinski definition) is 6. The molecule has 0 aliphatic heterocycles. The molecule has 0 amide bonds. The second kappa shape index (κ2) is 8.52. The van der Waals surface area contributed by atoms with Crippen molar-refractivity contribution in [2.45, 2.75) is 45.1 Å². The molecule has 2 rings (SSSR count). The Morgan fingerprint density at radius 2 is 2.11 bits per heavy atom. The molecule has 0 saturated carbocycles. The summed E-state index contributed by atoms with van der Waals surface area (Å²) in [5, 5.41) is 21.0. The molecule has 0 unspecified atom stereocenters. The molecule has 6 nitrogen and oxygen atoms in total. The van der Waals surface area contributed by atoms with E-state index in [4.69, 9.17) is 9.47 Å². The molecule has 1 aliphatic rings. The molecule has 0 heterocycles. The number of ether oxygens (including phenoxy) is 2. The Balaban J connectivity index is 2.25. The second-order valence-electron chi connectivity index (χ2n) is 6.80. The van der Waals surface area contributed by atoms with Gasteiger partial charge in [-0.15, -0.1) is 0 Å². The van der Waals surface area contributed by atoms with Crippen molar-refractivity contribution in [2.75, 3.05) is 13.7 Å². The maximum atomic E-state index is 14.2. The second-order valence-corrected chi connectivity index (χ2v) is 6.80. The van der Waals surface area contributed by atoms with Crippen LogP contribution in [0.3, 0.4) is 0 Å². The van der Waals surface area contributed by atoms with Crippen molar-refractivity contribution in [2.24, 2.45) is 5.92 Å². The van der Waals surface area contributed by atoms with Crippen LogP contribution in [-0.4, -0.2) is 41.1 Å². The smallest absolute Gasteiger partial charge is 0.163 e. The van der Waals surface area contributed by atoms with Gasteiger partial charge >= 0.3 is 0 Å². The third kappa shape index (κ3) is 4.86. The summed E-state index contributed by atoms with van der Waals surface area (Å²) in [6.07, 6.45) is 1.48. The van der Waals surface area contributed by atoms with Gasteiger partial charge in [0.25, 0.3) is 0 Å². The van der Waals surface area contributed by atoms with E-state index in [0.29, 0.717) is 0 Å². The number of allylic oxidation sites excluding steroid dienone is 1. The predicted octanol–water partition coefficient (Wildman–Crippen LogP) is 2.69. The molecule has 0 radical (unpaired) electrons. The van der Waals surface area contributed by atoms with Crippen LogP contribution in [0.5, 0.6) is 11.5 Å². The lowest BCUT2D eigenvalue weighted by Crippen LogP contribution is -2.42. The fraction of sp³-hybridized carbons (Fsp3) is 0.500. The summed E-state index contributed by atoms with van der Waals surface area (Å²) in [6.45, 7) is 3.38. The lowest BCUT2D eigenvalue weighted by atomic mass is 9.76. The molecular weight excluding hydrogens is 355 g/mol. The van der Waals surface area contributed by atoms with Crippen LogP contribution < -0.4 is 4.74 Å². The van der Waals surface area contributed by atoms with Gasteiger partial charge in [0, 0.05) is 24.5 Å². The van der Waals surface area contributed by atoms with Gasteiger partial charge in [0.2, 0.25) is 0 Å². The number of aromatic hydroxyl groups is 1. The highest BCUT2D eigenvalue weighted by Gasteiger charge is 2.42. The minimum absolute atomic E-state index is 0.0228. The number of phenolic OH excluding ortho intramolecular Hbond substituents is 1. The van der Waals surface area contributed by atoms with Crippen LogP contribution in [0, 0.1) is 11.7 Å². The molecule has 0 saturated heterocycles. The van der Waals surface area contributed by atoms with E-state index in [1.54, 1.807) is 6.92 Å². The Hall–Kier alpha value is -2.41. The summed E-state index contributed by atoms with van der Waals surface area (Å²) in [7, 11) is 1.32. The fourth-order valence-electron chi connectivity index (χ4n) is 3.35. The monoisotopic (exact) mass is 380 g/mol. The van der Waals surface area contributed by atoms with Gasteiger partial charge in [-0.05, 0) is 44.7 Å². The Labute approximate surface area is 157 Å². The van der Waals surface area contributed by atoms with Crippen molar-refractivity contribution in [3.05, 3.63) is 35.3 Å². The lowest BCUT2D eigenvalue weighted by Gasteiger charge is -2.36. The van der Waals surface area contributed by atoms with Gasteiger partial charge in [0.1, 0.15) is 23.0 Å². The summed E-state index contributed by atoms with van der Waals surface area (Å²) in [5.41, 5.74) is -1.29. The third-order valence-corrected chi connectivity index (χ3v) is 4.71. The average molecular weight is 380 g/mol. The van der Waals surface area contributed by atoms with Crippen molar-refractivity contribution in [1.82, 2.24) is 0 Å². The van der Waals surface area contributed by atoms with Gasteiger partial charge in [-0.3, -0.25) is 4.79 Å². The first-order valence-electron chi connectivity index (χ1n) is 8.86. The zero-order valence-corrected chi connectivity index (χ0v) is 15.8.